The van der Waals surface area contributed by atoms with Crippen LogP contribution in [0.25, 0.3) is 0 Å². The summed E-state index contributed by atoms with van der Waals surface area (Å²) in [6, 6.07) is 0. The van der Waals surface area contributed by atoms with E-state index < -0.39 is 0 Å². The maximum atomic E-state index is 12.6. The first kappa shape index (κ1) is 13.6. The van der Waals surface area contributed by atoms with Crippen molar-refractivity contribution >= 4 is 11.8 Å². The Morgan fingerprint density at radius 1 is 1.22 bits per heavy atom. The number of carbonyl (C=O) groups excluding carboxylic acids is 2. The zero-order chi connectivity index (χ0) is 13.6. The van der Waals surface area contributed by atoms with Gasteiger partial charge in [-0.1, -0.05) is 40.5 Å². The molecule has 0 spiro atoms. The number of fused-ring (bicyclic) bond motifs is 2. The van der Waals surface area contributed by atoms with Crippen LogP contribution in [0.15, 0.2) is 0 Å². The van der Waals surface area contributed by atoms with Crippen LogP contribution >= 0.6 is 0 Å². The SMILES string of the molecule is CCCCCN1C(=O)[C@H]2CC[C@@](C)(C1=O)C2(C)C. The number of likely N-dealkylation sites (tertiary alicyclic amines) is 1. The van der Waals surface area contributed by atoms with E-state index in [9.17, 15) is 9.59 Å². The number of nitrogens with zero attached hydrogens (tertiary/aromatic N) is 1. The molecule has 0 aromatic carbocycles. The molecule has 0 N–H and O–H groups in total. The molecule has 0 aromatic heterocycles. The van der Waals surface area contributed by atoms with Gasteiger partial charge in [0.15, 0.2) is 0 Å². The van der Waals surface area contributed by atoms with Gasteiger partial charge in [0.25, 0.3) is 0 Å². The molecule has 2 aliphatic rings. The topological polar surface area (TPSA) is 37.4 Å². The van der Waals surface area contributed by atoms with E-state index in [1.165, 1.54) is 0 Å². The van der Waals surface area contributed by atoms with Crippen LogP contribution in [0, 0.1) is 16.7 Å². The Labute approximate surface area is 110 Å². The molecule has 0 aromatic rings. The molecule has 102 valence electrons. The standard InChI is InChI=1S/C15H25NO2/c1-5-6-7-10-16-12(17)11-8-9-15(4,13(16)18)14(11,2)3/h11H,5-10H2,1-4H3/t11-,15+/m1/s1. The molecule has 0 radical (unpaired) electrons. The van der Waals surface area contributed by atoms with E-state index >= 15 is 0 Å². The minimum Gasteiger partial charge on any atom is -0.282 e. The van der Waals surface area contributed by atoms with Gasteiger partial charge in [0.05, 0.1) is 5.41 Å². The number of unbranched alkanes of at least 4 members (excludes halogenated alkanes) is 2. The average molecular weight is 251 g/mol. The van der Waals surface area contributed by atoms with Crippen molar-refractivity contribution in [1.82, 2.24) is 4.90 Å². The molecular weight excluding hydrogens is 226 g/mol. The first-order valence-corrected chi connectivity index (χ1v) is 7.22. The van der Waals surface area contributed by atoms with Crippen molar-refractivity contribution in [3.63, 3.8) is 0 Å². The van der Waals surface area contributed by atoms with Crippen LogP contribution in [-0.4, -0.2) is 23.3 Å². The highest BCUT2D eigenvalue weighted by atomic mass is 16.2. The lowest BCUT2D eigenvalue weighted by atomic mass is 9.62. The molecule has 1 aliphatic heterocycles. The monoisotopic (exact) mass is 251 g/mol. The fourth-order valence-electron chi connectivity index (χ4n) is 3.63. The van der Waals surface area contributed by atoms with Crippen LogP contribution < -0.4 is 0 Å². The summed E-state index contributed by atoms with van der Waals surface area (Å²) in [4.78, 5) is 26.6. The van der Waals surface area contributed by atoms with Crippen molar-refractivity contribution in [2.75, 3.05) is 6.54 Å². The molecule has 1 aliphatic carbocycles. The number of imide groups is 1. The highest BCUT2D eigenvalue weighted by molar-refractivity contribution is 6.03. The van der Waals surface area contributed by atoms with E-state index in [1.807, 2.05) is 0 Å². The van der Waals surface area contributed by atoms with Crippen LogP contribution in [0.1, 0.15) is 59.8 Å². The number of amides is 2. The lowest BCUT2D eigenvalue weighted by Crippen LogP contribution is -2.59. The minimum atomic E-state index is -0.336. The Balaban J connectivity index is 2.22. The van der Waals surface area contributed by atoms with E-state index in [0.717, 1.165) is 32.1 Å². The number of piperidine rings is 1. The van der Waals surface area contributed by atoms with Crippen LogP contribution in [0.5, 0.6) is 0 Å². The summed E-state index contributed by atoms with van der Waals surface area (Å²) in [5.41, 5.74) is -0.514. The third kappa shape index (κ3) is 1.63. The average Bonchev–Trinajstić information content (AvgIpc) is 2.49. The van der Waals surface area contributed by atoms with Gasteiger partial charge in [-0.25, -0.2) is 0 Å². The molecule has 1 heterocycles. The number of hydrogen-bond acceptors (Lipinski definition) is 2. The predicted molar refractivity (Wildman–Crippen MR) is 70.9 cm³/mol. The fourth-order valence-corrected chi connectivity index (χ4v) is 3.63. The van der Waals surface area contributed by atoms with E-state index in [2.05, 4.69) is 27.7 Å². The van der Waals surface area contributed by atoms with Crippen molar-refractivity contribution in [3.05, 3.63) is 0 Å². The third-order valence-electron chi connectivity index (χ3n) is 5.49. The molecule has 18 heavy (non-hydrogen) atoms. The Kier molecular flexibility index (Phi) is 3.28. The van der Waals surface area contributed by atoms with Gasteiger partial charge in [0.2, 0.25) is 11.8 Å². The summed E-state index contributed by atoms with van der Waals surface area (Å²) in [5.74, 6) is 0.195. The second kappa shape index (κ2) is 4.36. The Morgan fingerprint density at radius 2 is 1.89 bits per heavy atom. The van der Waals surface area contributed by atoms with Gasteiger partial charge in [0.1, 0.15) is 0 Å². The summed E-state index contributed by atoms with van der Waals surface area (Å²) >= 11 is 0. The molecule has 1 saturated heterocycles. The zero-order valence-electron chi connectivity index (χ0n) is 12.1. The van der Waals surface area contributed by atoms with Crippen molar-refractivity contribution in [3.8, 4) is 0 Å². The normalized spacial score (nSPS) is 34.2. The van der Waals surface area contributed by atoms with Crippen LogP contribution in [0.2, 0.25) is 0 Å². The summed E-state index contributed by atoms with van der Waals surface area (Å²) in [6.45, 7) is 8.98. The highest BCUT2D eigenvalue weighted by Gasteiger charge is 2.64. The van der Waals surface area contributed by atoms with E-state index in [0.29, 0.717) is 6.54 Å². The molecule has 2 atom stereocenters. The first-order valence-electron chi connectivity index (χ1n) is 7.22. The second-order valence-corrected chi connectivity index (χ2v) is 6.65. The predicted octanol–water partition coefficient (Wildman–Crippen LogP) is 2.99. The number of rotatable bonds is 4. The van der Waals surface area contributed by atoms with Gasteiger partial charge < -0.3 is 0 Å². The molecule has 2 rings (SSSR count). The largest absolute Gasteiger partial charge is 0.282 e. The number of carbonyl (C=O) groups is 2. The lowest BCUT2D eigenvalue weighted by molar-refractivity contribution is -0.167. The Bertz CT molecular complexity index is 375. The van der Waals surface area contributed by atoms with Gasteiger partial charge in [-0.05, 0) is 24.7 Å². The van der Waals surface area contributed by atoms with Crippen molar-refractivity contribution in [2.45, 2.75) is 59.8 Å². The Hall–Kier alpha value is -0.860. The van der Waals surface area contributed by atoms with Crippen molar-refractivity contribution in [1.29, 1.82) is 0 Å². The molecule has 0 unspecified atom stereocenters. The van der Waals surface area contributed by atoms with Crippen LogP contribution in [-0.2, 0) is 9.59 Å². The maximum absolute atomic E-state index is 12.6. The molecule has 2 fully saturated rings. The van der Waals surface area contributed by atoms with E-state index in [-0.39, 0.29) is 28.6 Å². The molecule has 1 saturated carbocycles. The summed E-state index contributed by atoms with van der Waals surface area (Å²) in [5, 5.41) is 0. The number of hydrogen-bond donors (Lipinski definition) is 0. The third-order valence-corrected chi connectivity index (χ3v) is 5.49. The van der Waals surface area contributed by atoms with Gasteiger partial charge in [-0.3, -0.25) is 14.5 Å². The second-order valence-electron chi connectivity index (χ2n) is 6.65. The Morgan fingerprint density at radius 3 is 2.50 bits per heavy atom. The van der Waals surface area contributed by atoms with E-state index in [1.54, 1.807) is 4.90 Å². The zero-order valence-corrected chi connectivity index (χ0v) is 12.1. The lowest BCUT2D eigenvalue weighted by Gasteiger charge is -2.47. The van der Waals surface area contributed by atoms with Gasteiger partial charge in [-0.15, -0.1) is 0 Å². The van der Waals surface area contributed by atoms with Crippen molar-refractivity contribution < 1.29 is 9.59 Å². The van der Waals surface area contributed by atoms with Crippen molar-refractivity contribution in [2.24, 2.45) is 16.7 Å². The summed E-state index contributed by atoms with van der Waals surface area (Å²) < 4.78 is 0. The minimum absolute atomic E-state index is 0.0434. The first-order chi connectivity index (χ1) is 8.36. The van der Waals surface area contributed by atoms with E-state index in [4.69, 9.17) is 0 Å². The summed E-state index contributed by atoms with van der Waals surface area (Å²) in [6.07, 6.45) is 4.87. The quantitative estimate of drug-likeness (QED) is 0.569. The molecule has 2 amide bonds. The molecule has 3 heteroatoms. The highest BCUT2D eigenvalue weighted by Crippen LogP contribution is 2.59. The molecular formula is C15H25NO2. The molecule has 2 bridgehead atoms. The van der Waals surface area contributed by atoms with Gasteiger partial charge >= 0.3 is 0 Å². The van der Waals surface area contributed by atoms with Gasteiger partial charge in [0, 0.05) is 12.5 Å². The van der Waals surface area contributed by atoms with Crippen LogP contribution in [0.3, 0.4) is 0 Å². The molecule has 3 nitrogen and oxygen atoms in total. The summed E-state index contributed by atoms with van der Waals surface area (Å²) in [7, 11) is 0. The van der Waals surface area contributed by atoms with Gasteiger partial charge in [-0.2, -0.15) is 0 Å². The fraction of sp³-hybridized carbons (Fsp3) is 0.867. The van der Waals surface area contributed by atoms with Crippen LogP contribution in [0.4, 0.5) is 0 Å². The smallest absolute Gasteiger partial charge is 0.235 e. The maximum Gasteiger partial charge on any atom is 0.235 e.